The number of carbonyl (C=O) groups is 1. The molecule has 1 spiro atoms. The Bertz CT molecular complexity index is 1970. The number of nitrogens with zero attached hydrogens (tertiary/aromatic N) is 4. The van der Waals surface area contributed by atoms with E-state index in [0.717, 1.165) is 50.9 Å². The number of esters is 1. The predicted octanol–water partition coefficient (Wildman–Crippen LogP) is 5.54. The molecule has 8 aliphatic rings. The van der Waals surface area contributed by atoms with Crippen molar-refractivity contribution in [2.45, 2.75) is 87.0 Å². The Hall–Kier alpha value is -3.17. The van der Waals surface area contributed by atoms with E-state index in [1.807, 2.05) is 0 Å². The first-order valence-electron chi connectivity index (χ1n) is 18.7. The summed E-state index contributed by atoms with van der Waals surface area (Å²) in [6.07, 6.45) is 7.36. The number of carbonyl (C=O) groups excluding carboxylic acids is 1. The fourth-order valence-electron chi connectivity index (χ4n) is 13.5. The summed E-state index contributed by atoms with van der Waals surface area (Å²) < 4.78 is 23.3. The Kier molecular flexibility index (Phi) is 5.78. The largest absolute Gasteiger partial charge is 0.467 e. The fourth-order valence-corrected chi connectivity index (χ4v) is 13.5. The van der Waals surface area contributed by atoms with E-state index in [-0.39, 0.29) is 29.3 Å². The number of para-hydroxylation sites is 2. The molecule has 1 aromatic heterocycles. The molecule has 11 atom stereocenters. The molecule has 256 valence electrons. The first-order chi connectivity index (χ1) is 23.8. The molecule has 9 heterocycles. The molecule has 5 unspecified atom stereocenters. The van der Waals surface area contributed by atoms with Gasteiger partial charge in [-0.05, 0) is 82.2 Å². The molecule has 6 fully saturated rings. The standard InChI is InChI=1S/C41H48N4O4/c1-6-23-21-44-16-15-40-20-30-26-17-34-36-27(24-11-7-9-13-31(24)43(36)4)18-33(42(34)3)28(26)22-48-39(30,2)49-41(40)35(44)19-25(23)37(38(46)47-5)45(41)32-14-10-8-12-29(32)40/h6-14,25-26,28,30,33-35,37H,15-22H2,1-5H3/b23-6-/t25-,26?,28+,30?,33-,34-,35?,37-,39-,40?,41?/m0/s1. The molecule has 0 radical (unpaired) electrons. The average molecular weight is 661 g/mol. The minimum Gasteiger partial charge on any atom is -0.467 e. The summed E-state index contributed by atoms with van der Waals surface area (Å²) in [6, 6.07) is 18.5. The van der Waals surface area contributed by atoms with Crippen LogP contribution in [0.4, 0.5) is 5.69 Å². The Morgan fingerprint density at radius 3 is 2.71 bits per heavy atom. The number of rotatable bonds is 1. The normalized spacial score (nSPS) is 43.8. The molecule has 0 amide bonds. The Labute approximate surface area is 288 Å². The third-order valence-corrected chi connectivity index (χ3v) is 15.5. The number of benzene rings is 2. The first kappa shape index (κ1) is 29.5. The van der Waals surface area contributed by atoms with Crippen molar-refractivity contribution in [3.05, 3.63) is 77.0 Å². The number of anilines is 1. The van der Waals surface area contributed by atoms with Gasteiger partial charge in [0.05, 0.1) is 25.8 Å². The maximum Gasteiger partial charge on any atom is 0.329 e. The SMILES string of the molecule is C/C=C1/CN2CCC34CC5C6C[C@H]7c8c(c9ccccc9n8C)C[C@@H]([C@@H]6CO[C@@]5(C)OC35C2C[C@@H]1[C@@H](C(=O)OC)N5c1ccccc14)N7C. The van der Waals surface area contributed by atoms with Crippen LogP contribution >= 0.6 is 0 Å². The lowest BCUT2D eigenvalue weighted by molar-refractivity contribution is -0.401. The molecule has 0 aliphatic carbocycles. The quantitative estimate of drug-likeness (QED) is 0.251. The van der Waals surface area contributed by atoms with Crippen molar-refractivity contribution in [3.63, 3.8) is 0 Å². The van der Waals surface area contributed by atoms with E-state index in [1.165, 1.54) is 27.7 Å². The number of hydrogen-bond acceptors (Lipinski definition) is 7. The molecule has 0 saturated carbocycles. The van der Waals surface area contributed by atoms with Crippen molar-refractivity contribution in [1.29, 1.82) is 0 Å². The molecule has 8 nitrogen and oxygen atoms in total. The van der Waals surface area contributed by atoms with E-state index in [2.05, 4.69) is 102 Å². The van der Waals surface area contributed by atoms with E-state index in [9.17, 15) is 4.79 Å². The third kappa shape index (κ3) is 3.26. The number of hydrogen-bond donors (Lipinski definition) is 0. The van der Waals surface area contributed by atoms with Crippen LogP contribution in [0.2, 0.25) is 0 Å². The van der Waals surface area contributed by atoms with Crippen LogP contribution in [-0.4, -0.2) is 83.8 Å². The summed E-state index contributed by atoms with van der Waals surface area (Å²) >= 11 is 0. The van der Waals surface area contributed by atoms with E-state index >= 15 is 0 Å². The van der Waals surface area contributed by atoms with Crippen LogP contribution in [0.25, 0.3) is 10.9 Å². The van der Waals surface area contributed by atoms with Gasteiger partial charge in [-0.2, -0.15) is 0 Å². The lowest BCUT2D eigenvalue weighted by Crippen LogP contribution is -2.85. The van der Waals surface area contributed by atoms with Gasteiger partial charge < -0.3 is 23.7 Å². The lowest BCUT2D eigenvalue weighted by atomic mass is 9.52. The molecule has 3 aromatic rings. The summed E-state index contributed by atoms with van der Waals surface area (Å²) in [6.45, 7) is 7.02. The second-order valence-electron chi connectivity index (χ2n) is 16.8. The molecular weight excluding hydrogens is 612 g/mol. The number of aromatic nitrogens is 1. The summed E-state index contributed by atoms with van der Waals surface area (Å²) in [4.78, 5) is 21.8. The second-order valence-corrected chi connectivity index (χ2v) is 16.8. The Morgan fingerprint density at radius 2 is 1.88 bits per heavy atom. The van der Waals surface area contributed by atoms with Crippen LogP contribution < -0.4 is 4.90 Å². The summed E-state index contributed by atoms with van der Waals surface area (Å²) in [5.41, 5.74) is 7.33. The number of fused-ring (bicyclic) bond motifs is 13. The van der Waals surface area contributed by atoms with Crippen LogP contribution in [0.5, 0.6) is 0 Å². The van der Waals surface area contributed by atoms with Gasteiger partial charge in [-0.3, -0.25) is 9.80 Å². The van der Waals surface area contributed by atoms with Crippen molar-refractivity contribution in [2.24, 2.45) is 30.7 Å². The minimum atomic E-state index is -0.756. The molecule has 6 saturated heterocycles. The van der Waals surface area contributed by atoms with Gasteiger partial charge in [-0.25, -0.2) is 4.79 Å². The van der Waals surface area contributed by atoms with Gasteiger partial charge >= 0.3 is 5.97 Å². The Balaban J connectivity index is 1.07. The maximum absolute atomic E-state index is 14.0. The number of aryl methyl sites for hydroxylation is 1. The lowest BCUT2D eigenvalue weighted by Gasteiger charge is -2.72. The predicted molar refractivity (Wildman–Crippen MR) is 187 cm³/mol. The molecule has 8 heteroatoms. The molecule has 11 rings (SSSR count). The van der Waals surface area contributed by atoms with Gasteiger partial charge in [-0.1, -0.05) is 48.0 Å². The van der Waals surface area contributed by atoms with Gasteiger partial charge in [0.2, 0.25) is 0 Å². The van der Waals surface area contributed by atoms with Gasteiger partial charge in [0, 0.05) is 71.6 Å². The molecular formula is C41H48N4O4. The van der Waals surface area contributed by atoms with Crippen LogP contribution in [-0.2, 0) is 37.9 Å². The molecule has 0 N–H and O–H groups in total. The van der Waals surface area contributed by atoms with Gasteiger partial charge in [0.15, 0.2) is 11.5 Å². The molecule has 2 aromatic carbocycles. The highest BCUT2D eigenvalue weighted by Gasteiger charge is 2.80. The first-order valence-corrected chi connectivity index (χ1v) is 18.7. The summed E-state index contributed by atoms with van der Waals surface area (Å²) in [7, 11) is 6.19. The average Bonchev–Trinajstić information content (AvgIpc) is 3.53. The molecule has 8 aliphatic heterocycles. The van der Waals surface area contributed by atoms with Crippen LogP contribution in [0.15, 0.2) is 60.2 Å². The van der Waals surface area contributed by atoms with Crippen LogP contribution in [0.3, 0.4) is 0 Å². The minimum absolute atomic E-state index is 0.0975. The second kappa shape index (κ2) is 9.58. The monoisotopic (exact) mass is 660 g/mol. The van der Waals surface area contributed by atoms with E-state index in [4.69, 9.17) is 14.2 Å². The van der Waals surface area contributed by atoms with Gasteiger partial charge in [0.1, 0.15) is 6.04 Å². The topological polar surface area (TPSA) is 59.4 Å². The van der Waals surface area contributed by atoms with Crippen LogP contribution in [0.1, 0.15) is 62.4 Å². The van der Waals surface area contributed by atoms with E-state index < -0.39 is 17.6 Å². The zero-order valence-electron chi connectivity index (χ0n) is 29.4. The molecule has 4 bridgehead atoms. The zero-order valence-corrected chi connectivity index (χ0v) is 29.4. The fraction of sp³-hybridized carbons (Fsp3) is 0.585. The number of methoxy groups -OCH3 is 1. The van der Waals surface area contributed by atoms with Crippen molar-refractivity contribution < 1.29 is 19.0 Å². The van der Waals surface area contributed by atoms with Crippen LogP contribution in [0, 0.1) is 23.7 Å². The number of ether oxygens (including phenoxy) is 3. The van der Waals surface area contributed by atoms with Crippen molar-refractivity contribution in [1.82, 2.24) is 14.4 Å². The highest BCUT2D eigenvalue weighted by molar-refractivity contribution is 5.87. The molecule has 49 heavy (non-hydrogen) atoms. The van der Waals surface area contributed by atoms with E-state index in [0.29, 0.717) is 30.5 Å². The highest BCUT2D eigenvalue weighted by atomic mass is 16.7. The summed E-state index contributed by atoms with van der Waals surface area (Å²) in [5.74, 6) is 0.357. The van der Waals surface area contributed by atoms with Gasteiger partial charge in [-0.15, -0.1) is 0 Å². The highest BCUT2D eigenvalue weighted by Crippen LogP contribution is 2.72. The summed E-state index contributed by atoms with van der Waals surface area (Å²) in [5, 5.41) is 1.42. The number of piperidine rings is 4. The maximum atomic E-state index is 14.0. The Morgan fingerprint density at radius 1 is 1.06 bits per heavy atom. The number of allylic oxidation sites excluding steroid dienone is 1. The number of likely N-dealkylation sites (N-methyl/N-ethyl adjacent to an activating group) is 1. The third-order valence-electron chi connectivity index (χ3n) is 15.5. The van der Waals surface area contributed by atoms with Crippen molar-refractivity contribution in [3.8, 4) is 0 Å². The zero-order chi connectivity index (χ0) is 33.2. The van der Waals surface area contributed by atoms with Gasteiger partial charge in [0.25, 0.3) is 0 Å². The van der Waals surface area contributed by atoms with E-state index in [1.54, 1.807) is 12.7 Å². The smallest absolute Gasteiger partial charge is 0.329 e. The van der Waals surface area contributed by atoms with Crippen molar-refractivity contribution >= 4 is 22.6 Å². The van der Waals surface area contributed by atoms with Crippen molar-refractivity contribution in [2.75, 3.05) is 38.8 Å².